The molecule has 1 saturated heterocycles. The molecular formula is C25H34N6O6Si. The lowest BCUT2D eigenvalue weighted by molar-refractivity contribution is -0.116. The van der Waals surface area contributed by atoms with E-state index in [0.29, 0.717) is 29.9 Å². The molecule has 0 radical (unpaired) electrons. The molecule has 0 aliphatic carbocycles. The van der Waals surface area contributed by atoms with Gasteiger partial charge in [0.05, 0.1) is 25.6 Å². The average molecular weight is 543 g/mol. The zero-order chi connectivity index (χ0) is 27.3. The number of aryl methyl sites for hydroxylation is 1. The highest BCUT2D eigenvalue weighted by molar-refractivity contribution is 6.76. The molecule has 3 atom stereocenters. The van der Waals surface area contributed by atoms with Crippen molar-refractivity contribution >= 4 is 42.7 Å². The van der Waals surface area contributed by atoms with Crippen molar-refractivity contribution in [2.24, 2.45) is 0 Å². The van der Waals surface area contributed by atoms with Gasteiger partial charge in [0, 0.05) is 26.6 Å². The summed E-state index contributed by atoms with van der Waals surface area (Å²) in [6.07, 6.45) is 1.11. The first-order valence-corrected chi connectivity index (χ1v) is 16.3. The van der Waals surface area contributed by atoms with Gasteiger partial charge in [-0.05, 0) is 24.1 Å². The molecule has 0 bridgehead atoms. The van der Waals surface area contributed by atoms with Gasteiger partial charge in [0.1, 0.15) is 18.7 Å². The van der Waals surface area contributed by atoms with Crippen molar-refractivity contribution in [3.05, 3.63) is 42.5 Å². The van der Waals surface area contributed by atoms with E-state index in [1.807, 2.05) is 18.2 Å². The third-order valence-electron chi connectivity index (χ3n) is 6.27. The van der Waals surface area contributed by atoms with Gasteiger partial charge in [0.2, 0.25) is 5.91 Å². The number of hydrogen-bond acceptors (Lipinski definition) is 9. The van der Waals surface area contributed by atoms with E-state index < -0.39 is 32.6 Å². The van der Waals surface area contributed by atoms with E-state index in [1.54, 1.807) is 10.6 Å². The zero-order valence-electron chi connectivity index (χ0n) is 21.8. The van der Waals surface area contributed by atoms with Gasteiger partial charge >= 0.3 is 6.09 Å². The number of rotatable bonds is 10. The topological polar surface area (TPSA) is 161 Å². The lowest BCUT2D eigenvalue weighted by Crippen LogP contribution is -2.24. The Labute approximate surface area is 221 Å². The zero-order valence-corrected chi connectivity index (χ0v) is 22.8. The second kappa shape index (κ2) is 12.0. The Morgan fingerprint density at radius 3 is 2.71 bits per heavy atom. The number of nitrogens with zero attached hydrogens (tertiary/aromatic N) is 4. The van der Waals surface area contributed by atoms with Crippen molar-refractivity contribution in [3.8, 4) is 0 Å². The summed E-state index contributed by atoms with van der Waals surface area (Å²) in [4.78, 5) is 37.8. The minimum Gasteiger partial charge on any atom is -0.450 e. The van der Waals surface area contributed by atoms with Gasteiger partial charge in [-0.3, -0.25) is 14.7 Å². The third kappa shape index (κ3) is 6.92. The molecule has 0 spiro atoms. The van der Waals surface area contributed by atoms with Crippen LogP contribution in [0, 0.1) is 0 Å². The standard InChI is InChI=1S/C25H34N6O6Si/c1-38(2,3)11-10-36-25(35)29-17-7-5-4-6-16(17)8-9-20(34)30-23-22-24(27-14-26-23)31(15-28-22)21-12-18(33)19(13-32)37-21/h4-7,14-15,18-19,21,32-33H,8-13H2,1-3H3,(H,29,35)(H,26,27,30,34)/t18-,19+,21+/m0/s1. The molecule has 1 aromatic carbocycles. The maximum Gasteiger partial charge on any atom is 0.411 e. The van der Waals surface area contributed by atoms with E-state index in [9.17, 15) is 19.8 Å². The Balaban J connectivity index is 1.36. The van der Waals surface area contributed by atoms with E-state index in [2.05, 4.69) is 45.2 Å². The number of anilines is 2. The fraction of sp³-hybridized carbons (Fsp3) is 0.480. The third-order valence-corrected chi connectivity index (χ3v) is 7.98. The molecule has 4 N–H and O–H groups in total. The first-order chi connectivity index (χ1) is 18.1. The predicted molar refractivity (Wildman–Crippen MR) is 143 cm³/mol. The smallest absolute Gasteiger partial charge is 0.411 e. The van der Waals surface area contributed by atoms with Crippen LogP contribution >= 0.6 is 0 Å². The molecular weight excluding hydrogens is 508 g/mol. The van der Waals surface area contributed by atoms with Gasteiger partial charge < -0.3 is 25.0 Å². The highest BCUT2D eigenvalue weighted by atomic mass is 28.3. The highest BCUT2D eigenvalue weighted by Crippen LogP contribution is 2.31. The number of carbonyl (C=O) groups is 2. The van der Waals surface area contributed by atoms with Gasteiger partial charge in [-0.15, -0.1) is 0 Å². The monoisotopic (exact) mass is 542 g/mol. The van der Waals surface area contributed by atoms with Crippen molar-refractivity contribution in [1.82, 2.24) is 19.5 Å². The molecule has 1 aliphatic heterocycles. The molecule has 1 fully saturated rings. The second-order valence-electron chi connectivity index (χ2n) is 10.4. The van der Waals surface area contributed by atoms with Gasteiger partial charge in [0.15, 0.2) is 17.0 Å². The van der Waals surface area contributed by atoms with E-state index >= 15 is 0 Å². The molecule has 38 heavy (non-hydrogen) atoms. The molecule has 2 amide bonds. The number of ether oxygens (including phenoxy) is 2. The van der Waals surface area contributed by atoms with E-state index in [1.165, 1.54) is 12.7 Å². The van der Waals surface area contributed by atoms with E-state index in [4.69, 9.17) is 9.47 Å². The normalized spacial score (nSPS) is 19.4. The number of amides is 2. The molecule has 204 valence electrons. The van der Waals surface area contributed by atoms with Crippen LogP contribution in [-0.4, -0.2) is 75.2 Å². The molecule has 13 heteroatoms. The molecule has 2 aromatic heterocycles. The van der Waals surface area contributed by atoms with Crippen molar-refractivity contribution < 1.29 is 29.3 Å². The Bertz CT molecular complexity index is 1280. The van der Waals surface area contributed by atoms with Gasteiger partial charge in [0.25, 0.3) is 0 Å². The highest BCUT2D eigenvalue weighted by Gasteiger charge is 2.35. The number of carbonyl (C=O) groups excluding carboxylic acids is 2. The number of benzene rings is 1. The van der Waals surface area contributed by atoms with Crippen molar-refractivity contribution in [2.45, 2.75) is 63.4 Å². The first-order valence-electron chi connectivity index (χ1n) is 12.6. The number of para-hydroxylation sites is 1. The molecule has 0 unspecified atom stereocenters. The van der Waals surface area contributed by atoms with Crippen LogP contribution < -0.4 is 10.6 Å². The summed E-state index contributed by atoms with van der Waals surface area (Å²) in [5.74, 6) is -0.0201. The molecule has 3 heterocycles. The van der Waals surface area contributed by atoms with Crippen LogP contribution in [0.4, 0.5) is 16.3 Å². The number of aromatic nitrogens is 4. The van der Waals surface area contributed by atoms with Crippen LogP contribution in [0.1, 0.15) is 24.6 Å². The average Bonchev–Trinajstić information content (AvgIpc) is 3.46. The Morgan fingerprint density at radius 2 is 1.97 bits per heavy atom. The van der Waals surface area contributed by atoms with Crippen molar-refractivity contribution in [3.63, 3.8) is 0 Å². The molecule has 3 aromatic rings. The summed E-state index contributed by atoms with van der Waals surface area (Å²) >= 11 is 0. The van der Waals surface area contributed by atoms with Crippen LogP contribution in [0.5, 0.6) is 0 Å². The summed E-state index contributed by atoms with van der Waals surface area (Å²) < 4.78 is 12.7. The minimum atomic E-state index is -1.30. The fourth-order valence-corrected chi connectivity index (χ4v) is 4.82. The predicted octanol–water partition coefficient (Wildman–Crippen LogP) is 2.93. The lowest BCUT2D eigenvalue weighted by atomic mass is 10.1. The number of nitrogens with one attached hydrogen (secondary N) is 2. The van der Waals surface area contributed by atoms with E-state index in [0.717, 1.165) is 11.6 Å². The van der Waals surface area contributed by atoms with Crippen LogP contribution in [-0.2, 0) is 20.7 Å². The fourth-order valence-electron chi connectivity index (χ4n) is 4.10. The molecule has 1 aliphatic rings. The number of fused-ring (bicyclic) bond motifs is 1. The second-order valence-corrected chi connectivity index (χ2v) is 16.1. The van der Waals surface area contributed by atoms with E-state index in [-0.39, 0.29) is 31.2 Å². The van der Waals surface area contributed by atoms with Gasteiger partial charge in [-0.2, -0.15) is 0 Å². The molecule has 4 rings (SSSR count). The number of aliphatic hydroxyl groups excluding tert-OH is 2. The first kappa shape index (κ1) is 27.6. The summed E-state index contributed by atoms with van der Waals surface area (Å²) in [6.45, 7) is 6.74. The van der Waals surface area contributed by atoms with Crippen LogP contribution in [0.25, 0.3) is 11.2 Å². The Morgan fingerprint density at radius 1 is 1.18 bits per heavy atom. The SMILES string of the molecule is C[Si](C)(C)CCOC(=O)Nc1ccccc1CCC(=O)Nc1ncnc2c1ncn2[C@H]1C[C@H](O)[C@@H](CO)O1. The summed E-state index contributed by atoms with van der Waals surface area (Å²) in [5, 5.41) is 25.0. The van der Waals surface area contributed by atoms with Crippen LogP contribution in [0.3, 0.4) is 0 Å². The molecule has 12 nitrogen and oxygen atoms in total. The van der Waals surface area contributed by atoms with Gasteiger partial charge in [-0.1, -0.05) is 37.8 Å². The summed E-state index contributed by atoms with van der Waals surface area (Å²) in [7, 11) is -1.30. The maximum atomic E-state index is 12.8. The largest absolute Gasteiger partial charge is 0.450 e. The maximum absolute atomic E-state index is 12.8. The Hall–Kier alpha value is -3.39. The lowest BCUT2D eigenvalue weighted by Gasteiger charge is -2.16. The number of imidazole rings is 1. The minimum absolute atomic E-state index is 0.145. The van der Waals surface area contributed by atoms with Crippen LogP contribution in [0.15, 0.2) is 36.9 Å². The van der Waals surface area contributed by atoms with Crippen LogP contribution in [0.2, 0.25) is 25.7 Å². The number of hydrogen-bond donors (Lipinski definition) is 4. The van der Waals surface area contributed by atoms with Gasteiger partial charge in [-0.25, -0.2) is 19.7 Å². The van der Waals surface area contributed by atoms with Crippen molar-refractivity contribution in [1.29, 1.82) is 0 Å². The summed E-state index contributed by atoms with van der Waals surface area (Å²) in [6, 6.07) is 8.17. The van der Waals surface area contributed by atoms with Crippen molar-refractivity contribution in [2.75, 3.05) is 23.8 Å². The summed E-state index contributed by atoms with van der Waals surface area (Å²) in [5.41, 5.74) is 2.22. The Kier molecular flexibility index (Phi) is 8.71. The number of aliphatic hydroxyl groups is 2. The quantitative estimate of drug-likeness (QED) is 0.282. The molecule has 0 saturated carbocycles.